The van der Waals surface area contributed by atoms with Crippen molar-refractivity contribution in [2.75, 3.05) is 6.26 Å². The zero-order valence-corrected chi connectivity index (χ0v) is 9.93. The third-order valence-corrected chi connectivity index (χ3v) is 2.40. The normalized spacial score (nSPS) is 9.71. The molecule has 0 N–H and O–H groups in total. The smallest absolute Gasteiger partial charge is 0.157 e. The van der Waals surface area contributed by atoms with E-state index >= 15 is 0 Å². The topological polar surface area (TPSA) is 30.2 Å². The fraction of sp³-hybridized carbons (Fsp3) is 0.333. The quantitative estimate of drug-likeness (QED) is 0.556. The number of halogens is 1. The Hall–Kier alpha value is -0.740. The maximum absolute atomic E-state index is 5.93. The molecule has 5 heteroatoms. The second kappa shape index (κ2) is 5.22. The van der Waals surface area contributed by atoms with E-state index < -0.39 is 0 Å². The summed E-state index contributed by atoms with van der Waals surface area (Å²) >= 11 is 7.49. The summed E-state index contributed by atoms with van der Waals surface area (Å²) in [6.45, 7) is 4.00. The van der Waals surface area contributed by atoms with E-state index in [1.54, 1.807) is 28.5 Å². The molecule has 14 heavy (non-hydrogen) atoms. The predicted octanol–water partition coefficient (Wildman–Crippen LogP) is 3.13. The van der Waals surface area contributed by atoms with Crippen LogP contribution in [-0.4, -0.2) is 20.9 Å². The van der Waals surface area contributed by atoms with Gasteiger partial charge in [-0.1, -0.05) is 25.4 Å². The van der Waals surface area contributed by atoms with Gasteiger partial charge in [-0.3, -0.25) is 0 Å². The molecule has 0 spiro atoms. The molecule has 0 atom stereocenters. The van der Waals surface area contributed by atoms with Gasteiger partial charge in [0.15, 0.2) is 5.65 Å². The Morgan fingerprint density at radius 1 is 1.43 bits per heavy atom. The summed E-state index contributed by atoms with van der Waals surface area (Å²) in [6.07, 6.45) is 3.64. The third-order valence-electron chi connectivity index (χ3n) is 1.50. The average molecular weight is 230 g/mol. The molecule has 0 aliphatic carbocycles. The predicted molar refractivity (Wildman–Crippen MR) is 61.1 cm³/mol. The molecule has 3 nitrogen and oxygen atoms in total. The number of thioether (sulfide) groups is 1. The van der Waals surface area contributed by atoms with Crippen LogP contribution in [0.1, 0.15) is 13.8 Å². The summed E-state index contributed by atoms with van der Waals surface area (Å²) < 4.78 is 1.60. The van der Waals surface area contributed by atoms with Gasteiger partial charge in [0.2, 0.25) is 0 Å². The van der Waals surface area contributed by atoms with Gasteiger partial charge < -0.3 is 0 Å². The fourth-order valence-corrected chi connectivity index (χ4v) is 1.67. The van der Waals surface area contributed by atoms with Gasteiger partial charge >= 0.3 is 0 Å². The second-order valence-electron chi connectivity index (χ2n) is 2.22. The molecule has 2 heterocycles. The molecule has 2 aromatic rings. The molecule has 0 unspecified atom stereocenters. The first-order valence-corrected chi connectivity index (χ1v) is 5.96. The lowest BCUT2D eigenvalue weighted by Crippen LogP contribution is -1.92. The lowest BCUT2D eigenvalue weighted by Gasteiger charge is -1.98. The van der Waals surface area contributed by atoms with Gasteiger partial charge in [-0.2, -0.15) is 5.10 Å². The molecule has 0 saturated heterocycles. The van der Waals surface area contributed by atoms with Gasteiger partial charge in [-0.15, -0.1) is 11.8 Å². The van der Waals surface area contributed by atoms with Crippen LogP contribution in [0.4, 0.5) is 0 Å². The molecule has 0 amide bonds. The molecule has 0 bridgehead atoms. The second-order valence-corrected chi connectivity index (χ2v) is 3.44. The van der Waals surface area contributed by atoms with Crippen molar-refractivity contribution in [1.29, 1.82) is 0 Å². The van der Waals surface area contributed by atoms with E-state index in [0.29, 0.717) is 5.15 Å². The van der Waals surface area contributed by atoms with E-state index in [4.69, 9.17) is 11.6 Å². The summed E-state index contributed by atoms with van der Waals surface area (Å²) in [5, 5.41) is 5.51. The largest absolute Gasteiger partial charge is 0.222 e. The molecule has 0 fully saturated rings. The highest BCUT2D eigenvalue weighted by atomic mass is 35.5. The lowest BCUT2D eigenvalue weighted by molar-refractivity contribution is 0.916. The Balaban J connectivity index is 0.000000461. The van der Waals surface area contributed by atoms with Crippen LogP contribution in [0.3, 0.4) is 0 Å². The van der Waals surface area contributed by atoms with Crippen LogP contribution in [0.5, 0.6) is 0 Å². The lowest BCUT2D eigenvalue weighted by atomic mass is 10.6. The molecule has 0 aliphatic rings. The summed E-state index contributed by atoms with van der Waals surface area (Å²) in [7, 11) is 0. The Labute approximate surface area is 92.5 Å². The summed E-state index contributed by atoms with van der Waals surface area (Å²) in [4.78, 5) is 4.29. The van der Waals surface area contributed by atoms with Crippen LogP contribution in [0.15, 0.2) is 23.4 Å². The highest BCUT2D eigenvalue weighted by Gasteiger charge is 2.02. The summed E-state index contributed by atoms with van der Waals surface area (Å²) in [6, 6.07) is 3.62. The number of aromatic nitrogens is 3. The first-order valence-electron chi connectivity index (χ1n) is 4.35. The minimum Gasteiger partial charge on any atom is -0.222 e. The van der Waals surface area contributed by atoms with Gasteiger partial charge in [-0.25, -0.2) is 9.50 Å². The zero-order valence-electron chi connectivity index (χ0n) is 8.36. The van der Waals surface area contributed by atoms with Crippen LogP contribution >= 0.6 is 23.4 Å². The molecule has 0 radical (unpaired) electrons. The Bertz CT molecular complexity index is 413. The van der Waals surface area contributed by atoms with Crippen LogP contribution < -0.4 is 0 Å². The average Bonchev–Trinajstić information content (AvgIpc) is 2.69. The van der Waals surface area contributed by atoms with E-state index in [9.17, 15) is 0 Å². The first kappa shape index (κ1) is 11.3. The number of rotatable bonds is 1. The zero-order chi connectivity index (χ0) is 10.6. The SMILES string of the molecule is CC.CSc1cc(Cl)n2nccc2n1. The summed E-state index contributed by atoms with van der Waals surface area (Å²) in [5.74, 6) is 0. The molecule has 0 aliphatic heterocycles. The van der Waals surface area contributed by atoms with Crippen LogP contribution in [0.25, 0.3) is 5.65 Å². The Morgan fingerprint density at radius 3 is 2.79 bits per heavy atom. The highest BCUT2D eigenvalue weighted by Crippen LogP contribution is 2.18. The van der Waals surface area contributed by atoms with E-state index in [-0.39, 0.29) is 0 Å². The van der Waals surface area contributed by atoms with Crippen LogP contribution in [0, 0.1) is 0 Å². The minimum absolute atomic E-state index is 0.592. The van der Waals surface area contributed by atoms with E-state index in [0.717, 1.165) is 10.7 Å². The van der Waals surface area contributed by atoms with Crippen LogP contribution in [0.2, 0.25) is 5.15 Å². The molecule has 2 aromatic heterocycles. The molecule has 76 valence electrons. The van der Waals surface area contributed by atoms with Crippen molar-refractivity contribution in [2.45, 2.75) is 18.9 Å². The minimum atomic E-state index is 0.592. The van der Waals surface area contributed by atoms with Crippen molar-refractivity contribution < 1.29 is 0 Å². The number of nitrogens with zero attached hydrogens (tertiary/aromatic N) is 3. The van der Waals surface area contributed by atoms with Gasteiger partial charge in [0.05, 0.1) is 6.20 Å². The van der Waals surface area contributed by atoms with Crippen molar-refractivity contribution in [2.24, 2.45) is 0 Å². The maximum atomic E-state index is 5.93. The fourth-order valence-electron chi connectivity index (χ4n) is 0.958. The Kier molecular flexibility index (Phi) is 4.22. The molecule has 2 rings (SSSR count). The molecule has 0 aromatic carbocycles. The Morgan fingerprint density at radius 2 is 2.14 bits per heavy atom. The van der Waals surface area contributed by atoms with E-state index in [2.05, 4.69) is 10.1 Å². The number of hydrogen-bond donors (Lipinski definition) is 0. The van der Waals surface area contributed by atoms with E-state index in [1.807, 2.05) is 26.2 Å². The standard InChI is InChI=1S/C7H6ClN3S.C2H6/c1-12-7-4-5(8)11-6(10-7)2-3-9-11;1-2/h2-4H,1H3;1-2H3. The highest BCUT2D eigenvalue weighted by molar-refractivity contribution is 7.98. The van der Waals surface area contributed by atoms with E-state index in [1.165, 1.54) is 0 Å². The molecular weight excluding hydrogens is 218 g/mol. The summed E-state index contributed by atoms with van der Waals surface area (Å²) in [5.41, 5.74) is 0.784. The van der Waals surface area contributed by atoms with Crippen molar-refractivity contribution in [3.63, 3.8) is 0 Å². The van der Waals surface area contributed by atoms with Gasteiger partial charge in [0, 0.05) is 12.1 Å². The van der Waals surface area contributed by atoms with Gasteiger partial charge in [0.25, 0.3) is 0 Å². The third kappa shape index (κ3) is 2.19. The van der Waals surface area contributed by atoms with Crippen LogP contribution in [-0.2, 0) is 0 Å². The molecule has 0 saturated carbocycles. The maximum Gasteiger partial charge on any atom is 0.157 e. The monoisotopic (exact) mass is 229 g/mol. The number of fused-ring (bicyclic) bond motifs is 1. The van der Waals surface area contributed by atoms with Crippen molar-refractivity contribution in [1.82, 2.24) is 14.6 Å². The number of hydrogen-bond acceptors (Lipinski definition) is 3. The van der Waals surface area contributed by atoms with Crippen molar-refractivity contribution in [3.05, 3.63) is 23.5 Å². The molecular formula is C9H12ClN3S. The van der Waals surface area contributed by atoms with Crippen molar-refractivity contribution >= 4 is 29.0 Å². The van der Waals surface area contributed by atoms with Gasteiger partial charge in [-0.05, 0) is 6.26 Å². The van der Waals surface area contributed by atoms with Crippen molar-refractivity contribution in [3.8, 4) is 0 Å². The van der Waals surface area contributed by atoms with Gasteiger partial charge in [0.1, 0.15) is 10.2 Å². The first-order chi connectivity index (χ1) is 6.81.